The van der Waals surface area contributed by atoms with Crippen LogP contribution >= 0.6 is 11.8 Å². The van der Waals surface area contributed by atoms with Gasteiger partial charge in [0.2, 0.25) is 5.91 Å². The molecule has 0 saturated carbocycles. The standard InChI is InChI=1S/C19H26N4O3S2/c1-3-17-11-20-19(27-17)21-16-6-4-15(5-7-16)13(2)22-23-18(24)10-14-8-9-28(25,26)12-14/h4-7,14,17H,3,8-12H2,1-2H3,(H,20,21)(H,23,24)/b22-13-/t14-,17-/m1/s1. The summed E-state index contributed by atoms with van der Waals surface area (Å²) >= 11 is 1.77. The predicted octanol–water partition coefficient (Wildman–Crippen LogP) is 2.64. The maximum absolute atomic E-state index is 12.0. The van der Waals surface area contributed by atoms with Gasteiger partial charge >= 0.3 is 0 Å². The molecule has 2 heterocycles. The number of carbonyl (C=O) groups is 1. The van der Waals surface area contributed by atoms with E-state index in [4.69, 9.17) is 0 Å². The summed E-state index contributed by atoms with van der Waals surface area (Å²) in [5, 5.41) is 8.98. The van der Waals surface area contributed by atoms with Crippen LogP contribution in [0.25, 0.3) is 0 Å². The van der Waals surface area contributed by atoms with Crippen LogP contribution in [0.4, 0.5) is 5.69 Å². The molecule has 152 valence electrons. The van der Waals surface area contributed by atoms with Crippen molar-refractivity contribution in [2.45, 2.75) is 38.4 Å². The molecular weight excluding hydrogens is 396 g/mol. The summed E-state index contributed by atoms with van der Waals surface area (Å²) in [5.74, 6) is -0.0753. The number of thioether (sulfide) groups is 1. The van der Waals surface area contributed by atoms with Crippen molar-refractivity contribution < 1.29 is 13.2 Å². The Morgan fingerprint density at radius 1 is 1.32 bits per heavy atom. The smallest absolute Gasteiger partial charge is 0.240 e. The fourth-order valence-electron chi connectivity index (χ4n) is 3.17. The van der Waals surface area contributed by atoms with Crippen molar-refractivity contribution in [1.82, 2.24) is 5.43 Å². The minimum absolute atomic E-state index is 0.0974. The molecule has 0 radical (unpaired) electrons. The average molecular weight is 423 g/mol. The minimum Gasteiger partial charge on any atom is -0.335 e. The average Bonchev–Trinajstić information content (AvgIpc) is 3.26. The Labute approximate surface area is 170 Å². The maximum Gasteiger partial charge on any atom is 0.240 e. The SMILES string of the molecule is CC[C@@H]1CN=C(Nc2ccc(/C(C)=N\NC(=O)C[C@H]3CCS(=O)(=O)C3)cc2)S1. The molecular formula is C19H26N4O3S2. The summed E-state index contributed by atoms with van der Waals surface area (Å²) in [4.78, 5) is 16.5. The second-order valence-electron chi connectivity index (χ2n) is 7.20. The Hall–Kier alpha value is -1.87. The van der Waals surface area contributed by atoms with E-state index in [1.807, 2.05) is 31.2 Å². The van der Waals surface area contributed by atoms with Crippen molar-refractivity contribution in [2.75, 3.05) is 23.4 Å². The molecule has 0 aromatic heterocycles. The van der Waals surface area contributed by atoms with Gasteiger partial charge in [-0.15, -0.1) is 0 Å². The van der Waals surface area contributed by atoms with Gasteiger partial charge in [0.1, 0.15) is 0 Å². The molecule has 1 amide bonds. The van der Waals surface area contributed by atoms with Crippen LogP contribution in [-0.2, 0) is 14.6 Å². The number of amides is 1. The van der Waals surface area contributed by atoms with Crippen molar-refractivity contribution in [3.8, 4) is 0 Å². The first-order chi connectivity index (χ1) is 13.3. The molecule has 0 aliphatic carbocycles. The number of rotatable bonds is 6. The first kappa shape index (κ1) is 20.9. The van der Waals surface area contributed by atoms with Gasteiger partial charge in [0, 0.05) is 17.4 Å². The lowest BCUT2D eigenvalue weighted by Crippen LogP contribution is -2.22. The zero-order valence-corrected chi connectivity index (χ0v) is 17.8. The molecule has 1 aromatic carbocycles. The third-order valence-electron chi connectivity index (χ3n) is 4.88. The Kier molecular flexibility index (Phi) is 6.77. The molecule has 0 spiro atoms. The Balaban J connectivity index is 1.49. The third-order valence-corrected chi connectivity index (χ3v) is 7.98. The van der Waals surface area contributed by atoms with Crippen LogP contribution in [0.2, 0.25) is 0 Å². The Morgan fingerprint density at radius 2 is 2.07 bits per heavy atom. The van der Waals surface area contributed by atoms with Crippen LogP contribution in [0, 0.1) is 5.92 Å². The van der Waals surface area contributed by atoms with Crippen LogP contribution in [-0.4, -0.2) is 48.5 Å². The van der Waals surface area contributed by atoms with Gasteiger partial charge in [-0.1, -0.05) is 30.8 Å². The zero-order chi connectivity index (χ0) is 20.1. The van der Waals surface area contributed by atoms with Crippen molar-refractivity contribution in [2.24, 2.45) is 16.0 Å². The number of nitrogens with zero attached hydrogens (tertiary/aromatic N) is 2. The number of hydrogen-bond acceptors (Lipinski definition) is 7. The van der Waals surface area contributed by atoms with E-state index in [-0.39, 0.29) is 29.8 Å². The number of carbonyl (C=O) groups excluding carboxylic acids is 1. The van der Waals surface area contributed by atoms with E-state index in [2.05, 4.69) is 27.8 Å². The third kappa shape index (κ3) is 5.81. The number of amidine groups is 1. The van der Waals surface area contributed by atoms with E-state index >= 15 is 0 Å². The molecule has 3 rings (SSSR count). The van der Waals surface area contributed by atoms with Crippen LogP contribution < -0.4 is 10.7 Å². The van der Waals surface area contributed by atoms with Crippen molar-refractivity contribution >= 4 is 44.1 Å². The highest BCUT2D eigenvalue weighted by molar-refractivity contribution is 8.15. The van der Waals surface area contributed by atoms with E-state index in [9.17, 15) is 13.2 Å². The van der Waals surface area contributed by atoms with Crippen LogP contribution in [0.5, 0.6) is 0 Å². The molecule has 1 aromatic rings. The van der Waals surface area contributed by atoms with Crippen molar-refractivity contribution in [3.63, 3.8) is 0 Å². The molecule has 2 atom stereocenters. The summed E-state index contributed by atoms with van der Waals surface area (Å²) in [6, 6.07) is 7.80. The fourth-order valence-corrected chi connectivity index (χ4v) is 5.99. The number of aliphatic imine (C=N–C) groups is 1. The molecule has 1 fully saturated rings. The Bertz CT molecular complexity index is 879. The maximum atomic E-state index is 12.0. The van der Waals surface area contributed by atoms with E-state index < -0.39 is 9.84 Å². The zero-order valence-electron chi connectivity index (χ0n) is 16.1. The molecule has 0 unspecified atom stereocenters. The van der Waals surface area contributed by atoms with Crippen LogP contribution in [0.15, 0.2) is 34.4 Å². The highest BCUT2D eigenvalue weighted by atomic mass is 32.2. The number of benzene rings is 1. The van der Waals surface area contributed by atoms with Crippen molar-refractivity contribution in [3.05, 3.63) is 29.8 Å². The topological polar surface area (TPSA) is 100.0 Å². The van der Waals surface area contributed by atoms with Crippen LogP contribution in [0.3, 0.4) is 0 Å². The fraction of sp³-hybridized carbons (Fsp3) is 0.526. The lowest BCUT2D eigenvalue weighted by atomic mass is 10.1. The number of anilines is 1. The Morgan fingerprint density at radius 3 is 2.68 bits per heavy atom. The molecule has 2 aliphatic rings. The molecule has 2 aliphatic heterocycles. The van der Waals surface area contributed by atoms with Gasteiger partial charge in [0.25, 0.3) is 0 Å². The lowest BCUT2D eigenvalue weighted by molar-refractivity contribution is -0.121. The monoisotopic (exact) mass is 422 g/mol. The predicted molar refractivity (Wildman–Crippen MR) is 116 cm³/mol. The van der Waals surface area contributed by atoms with Gasteiger partial charge < -0.3 is 5.32 Å². The number of sulfone groups is 1. The van der Waals surface area contributed by atoms with Crippen LogP contribution in [0.1, 0.15) is 38.7 Å². The second-order valence-corrected chi connectivity index (χ2v) is 10.7. The van der Waals surface area contributed by atoms with Gasteiger partial charge in [-0.05, 0) is 43.4 Å². The summed E-state index contributed by atoms with van der Waals surface area (Å²) in [5.41, 5.74) is 5.10. The summed E-state index contributed by atoms with van der Waals surface area (Å²) < 4.78 is 22.9. The highest BCUT2D eigenvalue weighted by Gasteiger charge is 2.29. The summed E-state index contributed by atoms with van der Waals surface area (Å²) in [6.07, 6.45) is 1.85. The quantitative estimate of drug-likeness (QED) is 0.542. The molecule has 1 saturated heterocycles. The largest absolute Gasteiger partial charge is 0.335 e. The van der Waals surface area contributed by atoms with E-state index in [0.717, 1.165) is 29.4 Å². The number of hydrazone groups is 1. The first-order valence-electron chi connectivity index (χ1n) is 9.46. The first-order valence-corrected chi connectivity index (χ1v) is 12.2. The van der Waals surface area contributed by atoms with Gasteiger partial charge in [-0.2, -0.15) is 5.10 Å². The van der Waals surface area contributed by atoms with E-state index in [1.54, 1.807) is 11.8 Å². The molecule has 28 heavy (non-hydrogen) atoms. The van der Waals surface area contributed by atoms with Gasteiger partial charge in [0.05, 0.1) is 23.8 Å². The van der Waals surface area contributed by atoms with Crippen molar-refractivity contribution in [1.29, 1.82) is 0 Å². The van der Waals surface area contributed by atoms with Gasteiger partial charge in [-0.25, -0.2) is 13.8 Å². The second kappa shape index (κ2) is 9.09. The molecule has 9 heteroatoms. The minimum atomic E-state index is -2.96. The number of hydrogen-bond donors (Lipinski definition) is 2. The molecule has 2 N–H and O–H groups in total. The lowest BCUT2D eigenvalue weighted by Gasteiger charge is -2.09. The van der Waals surface area contributed by atoms with Gasteiger partial charge in [-0.3, -0.25) is 9.79 Å². The summed E-state index contributed by atoms with van der Waals surface area (Å²) in [6.45, 7) is 4.85. The summed E-state index contributed by atoms with van der Waals surface area (Å²) in [7, 11) is -2.96. The molecule has 7 nitrogen and oxygen atoms in total. The normalized spacial score (nSPS) is 24.1. The molecule has 0 bridgehead atoms. The number of nitrogens with one attached hydrogen (secondary N) is 2. The van der Waals surface area contributed by atoms with E-state index in [1.165, 1.54) is 0 Å². The van der Waals surface area contributed by atoms with E-state index in [0.29, 0.717) is 17.4 Å². The highest BCUT2D eigenvalue weighted by Crippen LogP contribution is 2.25. The van der Waals surface area contributed by atoms with Gasteiger partial charge in [0.15, 0.2) is 15.0 Å².